The van der Waals surface area contributed by atoms with Crippen molar-refractivity contribution in [2.45, 2.75) is 20.8 Å². The van der Waals surface area contributed by atoms with E-state index in [2.05, 4.69) is 82.6 Å². The number of hydrogen-bond donors (Lipinski definition) is 1. The lowest BCUT2D eigenvalue weighted by atomic mass is 9.90. The average molecular weight is 656 g/mol. The van der Waals surface area contributed by atoms with Crippen molar-refractivity contribution >= 4 is 46.2 Å². The lowest BCUT2D eigenvalue weighted by Gasteiger charge is -2.28. The van der Waals surface area contributed by atoms with Gasteiger partial charge >= 0.3 is 5.97 Å². The molecule has 1 aliphatic heterocycles. The van der Waals surface area contributed by atoms with Crippen molar-refractivity contribution in [1.82, 2.24) is 0 Å². The molecular weight excluding hydrogens is 619 g/mol. The quantitative estimate of drug-likeness (QED) is 0.126. The molecule has 0 amide bonds. The summed E-state index contributed by atoms with van der Waals surface area (Å²) in [5.41, 5.74) is 6.76. The standard InChI is InChI=1S/C44H37N3O3/c1-44(2,3)42-30-33(41(31-45)43(48)49)29-40(50-42)28-21-32-19-22-37(23-20-32)47(36-17-11-6-12-18-36)39-26-24-38(25-27-39)46(34-13-7-4-8-14-34)35-15-9-5-10-16-35/h4-30H,1-3H3,(H,48,49)/b28-21+,41-33-. The number of anilines is 6. The first-order chi connectivity index (χ1) is 24.2. The third-order valence-corrected chi connectivity index (χ3v) is 8.17. The summed E-state index contributed by atoms with van der Waals surface area (Å²) in [5, 5.41) is 19.1. The van der Waals surface area contributed by atoms with Gasteiger partial charge in [-0.2, -0.15) is 5.26 Å². The van der Waals surface area contributed by atoms with Crippen LogP contribution in [-0.4, -0.2) is 11.1 Å². The number of carboxylic acids is 1. The molecule has 50 heavy (non-hydrogen) atoms. The van der Waals surface area contributed by atoms with E-state index in [0.29, 0.717) is 17.1 Å². The highest BCUT2D eigenvalue weighted by atomic mass is 16.5. The second-order valence-electron chi connectivity index (χ2n) is 12.8. The Morgan fingerprint density at radius 1 is 0.620 bits per heavy atom. The maximum Gasteiger partial charge on any atom is 0.347 e. The number of carboxylic acid groups (broad SMARTS) is 1. The third-order valence-electron chi connectivity index (χ3n) is 8.17. The molecule has 0 fully saturated rings. The number of rotatable bonds is 9. The van der Waals surface area contributed by atoms with Gasteiger partial charge in [0.15, 0.2) is 0 Å². The first kappa shape index (κ1) is 33.3. The smallest absolute Gasteiger partial charge is 0.347 e. The van der Waals surface area contributed by atoms with E-state index in [-0.39, 0.29) is 11.0 Å². The molecule has 0 saturated heterocycles. The van der Waals surface area contributed by atoms with E-state index in [4.69, 9.17) is 4.74 Å². The van der Waals surface area contributed by atoms with E-state index in [9.17, 15) is 15.2 Å². The SMILES string of the molecule is CC(C)(C)C1=C/C(=C(/C#N)C(=O)O)C=C(/C=C/c2ccc(N(c3ccccc3)c3ccc(N(c4ccccc4)c4ccccc4)cc3)cc2)O1. The van der Waals surface area contributed by atoms with E-state index in [0.717, 1.165) is 39.7 Å². The molecule has 246 valence electrons. The Morgan fingerprint density at radius 2 is 1.02 bits per heavy atom. The molecule has 0 unspecified atom stereocenters. The summed E-state index contributed by atoms with van der Waals surface area (Å²) in [7, 11) is 0. The second-order valence-corrected chi connectivity index (χ2v) is 12.8. The van der Waals surface area contributed by atoms with Gasteiger partial charge in [-0.1, -0.05) is 93.6 Å². The van der Waals surface area contributed by atoms with Gasteiger partial charge in [-0.3, -0.25) is 0 Å². The zero-order valence-corrected chi connectivity index (χ0v) is 28.2. The first-order valence-electron chi connectivity index (χ1n) is 16.3. The predicted octanol–water partition coefficient (Wildman–Crippen LogP) is 11.4. The van der Waals surface area contributed by atoms with Crippen LogP contribution in [-0.2, 0) is 9.53 Å². The summed E-state index contributed by atoms with van der Waals surface area (Å²) < 4.78 is 6.12. The van der Waals surface area contributed by atoms with Crippen molar-refractivity contribution in [2.24, 2.45) is 5.41 Å². The Hall–Kier alpha value is -6.58. The van der Waals surface area contributed by atoms with E-state index < -0.39 is 5.97 Å². The average Bonchev–Trinajstić information content (AvgIpc) is 3.13. The van der Waals surface area contributed by atoms with E-state index >= 15 is 0 Å². The largest absolute Gasteiger partial charge is 0.477 e. The zero-order chi connectivity index (χ0) is 35.1. The molecule has 0 aliphatic carbocycles. The van der Waals surface area contributed by atoms with Gasteiger partial charge in [0.2, 0.25) is 0 Å². The Bertz CT molecular complexity index is 2080. The fourth-order valence-corrected chi connectivity index (χ4v) is 5.64. The summed E-state index contributed by atoms with van der Waals surface area (Å²) in [4.78, 5) is 16.2. The van der Waals surface area contributed by atoms with Gasteiger partial charge in [-0.05, 0) is 96.6 Å². The lowest BCUT2D eigenvalue weighted by molar-refractivity contribution is -0.132. The van der Waals surface area contributed by atoms with Crippen molar-refractivity contribution in [3.63, 3.8) is 0 Å². The molecule has 0 bridgehead atoms. The number of allylic oxidation sites excluding steroid dienone is 5. The number of para-hydroxylation sites is 3. The van der Waals surface area contributed by atoms with Gasteiger partial charge in [-0.15, -0.1) is 0 Å². The summed E-state index contributed by atoms with van der Waals surface area (Å²) in [6, 6.07) is 49.5. The lowest BCUT2D eigenvalue weighted by Crippen LogP contribution is -2.15. The van der Waals surface area contributed by atoms with Crippen molar-refractivity contribution in [1.29, 1.82) is 5.26 Å². The van der Waals surface area contributed by atoms with Crippen molar-refractivity contribution in [3.8, 4) is 6.07 Å². The molecule has 0 aromatic heterocycles. The highest BCUT2D eigenvalue weighted by Gasteiger charge is 2.25. The Balaban J connectivity index is 1.30. The van der Waals surface area contributed by atoms with Crippen LogP contribution in [0.3, 0.4) is 0 Å². The molecule has 5 aromatic rings. The van der Waals surface area contributed by atoms with E-state index in [1.165, 1.54) is 0 Å². The van der Waals surface area contributed by atoms with Crippen LogP contribution in [0.25, 0.3) is 6.08 Å². The number of nitriles is 1. The van der Waals surface area contributed by atoms with Crippen LogP contribution in [0.1, 0.15) is 26.3 Å². The molecule has 1 aliphatic rings. The van der Waals surface area contributed by atoms with Gasteiger partial charge in [0.1, 0.15) is 23.2 Å². The summed E-state index contributed by atoms with van der Waals surface area (Å²) in [6.45, 7) is 5.93. The molecule has 0 spiro atoms. The van der Waals surface area contributed by atoms with Crippen LogP contribution < -0.4 is 9.80 Å². The topological polar surface area (TPSA) is 76.8 Å². The number of benzene rings is 5. The molecule has 1 N–H and O–H groups in total. The Labute approximate surface area is 293 Å². The minimum Gasteiger partial charge on any atom is -0.477 e. The monoisotopic (exact) mass is 655 g/mol. The molecule has 5 aromatic carbocycles. The second kappa shape index (κ2) is 14.7. The summed E-state index contributed by atoms with van der Waals surface area (Å²) in [5.74, 6) is -0.234. The number of aliphatic carboxylic acids is 1. The third kappa shape index (κ3) is 7.59. The fraction of sp³-hybridized carbons (Fsp3) is 0.0909. The number of ether oxygens (including phenoxy) is 1. The summed E-state index contributed by atoms with van der Waals surface area (Å²) in [6.07, 6.45) is 6.92. The first-order valence-corrected chi connectivity index (χ1v) is 16.3. The van der Waals surface area contributed by atoms with Crippen molar-refractivity contribution in [2.75, 3.05) is 9.80 Å². The van der Waals surface area contributed by atoms with Crippen molar-refractivity contribution < 1.29 is 14.6 Å². The number of nitrogens with zero attached hydrogens (tertiary/aromatic N) is 3. The molecule has 6 rings (SSSR count). The van der Waals surface area contributed by atoms with Gasteiger partial charge in [-0.25, -0.2) is 4.79 Å². The minimum absolute atomic E-state index is 0.311. The van der Waals surface area contributed by atoms with Gasteiger partial charge < -0.3 is 19.6 Å². The van der Waals surface area contributed by atoms with Crippen molar-refractivity contribution in [3.05, 3.63) is 186 Å². The molecule has 0 radical (unpaired) electrons. The zero-order valence-electron chi connectivity index (χ0n) is 28.2. The molecule has 0 atom stereocenters. The van der Waals surface area contributed by atoms with Gasteiger partial charge in [0.25, 0.3) is 0 Å². The molecular formula is C44H37N3O3. The maximum atomic E-state index is 11.7. The van der Waals surface area contributed by atoms with E-state index in [1.54, 1.807) is 18.2 Å². The minimum atomic E-state index is -1.27. The normalized spacial score (nSPS) is 13.8. The highest BCUT2D eigenvalue weighted by molar-refractivity contribution is 5.93. The van der Waals surface area contributed by atoms with Crippen LogP contribution in [0, 0.1) is 16.7 Å². The van der Waals surface area contributed by atoms with Crippen LogP contribution >= 0.6 is 0 Å². The van der Waals surface area contributed by atoms with Crippen LogP contribution in [0.2, 0.25) is 0 Å². The van der Waals surface area contributed by atoms with Gasteiger partial charge in [0, 0.05) is 45.1 Å². The summed E-state index contributed by atoms with van der Waals surface area (Å²) >= 11 is 0. The Kier molecular flexibility index (Phi) is 9.78. The molecule has 6 heteroatoms. The highest BCUT2D eigenvalue weighted by Crippen LogP contribution is 2.39. The maximum absolute atomic E-state index is 11.7. The van der Waals surface area contributed by atoms with E-state index in [1.807, 2.05) is 99.6 Å². The number of carbonyl (C=O) groups is 1. The predicted molar refractivity (Wildman–Crippen MR) is 202 cm³/mol. The Morgan fingerprint density at radius 3 is 1.40 bits per heavy atom. The molecule has 1 heterocycles. The molecule has 0 saturated carbocycles. The molecule has 6 nitrogen and oxygen atoms in total. The van der Waals surface area contributed by atoms with Crippen LogP contribution in [0.15, 0.2) is 180 Å². The van der Waals surface area contributed by atoms with Crippen LogP contribution in [0.5, 0.6) is 0 Å². The van der Waals surface area contributed by atoms with Gasteiger partial charge in [0.05, 0.1) is 0 Å². The fourth-order valence-electron chi connectivity index (χ4n) is 5.64. The number of hydrogen-bond acceptors (Lipinski definition) is 5. The van der Waals surface area contributed by atoms with Crippen LogP contribution in [0.4, 0.5) is 34.1 Å².